The van der Waals surface area contributed by atoms with E-state index in [1.54, 1.807) is 34.6 Å². The van der Waals surface area contributed by atoms with Gasteiger partial charge >= 0.3 is 12.3 Å². The molecule has 0 saturated carbocycles. The number of sulfonamides is 1. The maximum absolute atomic E-state index is 13.1. The van der Waals surface area contributed by atoms with Crippen LogP contribution in [0.1, 0.15) is 54.7 Å². The van der Waals surface area contributed by atoms with Crippen molar-refractivity contribution in [3.05, 3.63) is 70.3 Å². The fourth-order valence-corrected chi connectivity index (χ4v) is 6.25. The molecule has 220 valence electrons. The second kappa shape index (κ2) is 10.4. The summed E-state index contributed by atoms with van der Waals surface area (Å²) in [5, 5.41) is 10.4. The summed E-state index contributed by atoms with van der Waals surface area (Å²) in [7, 11) is -3.97. The van der Waals surface area contributed by atoms with Crippen molar-refractivity contribution >= 4 is 21.7 Å². The number of fused-ring (bicyclic) bond motifs is 3. The monoisotopic (exact) mass is 591 g/mol. The average Bonchev–Trinajstić information content (AvgIpc) is 2.82. The molecule has 1 heterocycles. The molecule has 0 unspecified atom stereocenters. The highest BCUT2D eigenvalue weighted by molar-refractivity contribution is 7.92. The molecule has 0 aliphatic carbocycles. The number of carbonyl (C=O) groups is 1. The van der Waals surface area contributed by atoms with Crippen LogP contribution in [0.15, 0.2) is 42.5 Å². The topological polar surface area (TPSA) is 93.1 Å². The van der Waals surface area contributed by atoms with Crippen LogP contribution >= 0.6 is 0 Å². The predicted octanol–water partition coefficient (Wildman–Crippen LogP) is 7.06. The third-order valence-corrected chi connectivity index (χ3v) is 7.97. The lowest BCUT2D eigenvalue weighted by Gasteiger charge is -2.37. The summed E-state index contributed by atoms with van der Waals surface area (Å²) in [5.41, 5.74) is 4.19. The summed E-state index contributed by atoms with van der Waals surface area (Å²) in [6, 6.07) is 11.3. The van der Waals surface area contributed by atoms with Crippen LogP contribution in [0.2, 0.25) is 0 Å². The number of carboxylic acid groups (broad SMARTS) is 1. The molecular formula is C30H32F3NO6S. The van der Waals surface area contributed by atoms with Crippen LogP contribution in [0.25, 0.3) is 22.3 Å². The SMILES string of the molecule is Cc1ccc(-c2c(C)c3c(c(C)c2[C@H](OC(C)(C)C)C(=O)O)N(S(C)(=O)=O)Cc2cc(OC(F)(F)F)ccc2-3)cc1. The van der Waals surface area contributed by atoms with Crippen molar-refractivity contribution < 1.29 is 41.0 Å². The van der Waals surface area contributed by atoms with Gasteiger partial charge in [0.05, 0.1) is 24.1 Å². The fraction of sp³-hybridized carbons (Fsp3) is 0.367. The van der Waals surface area contributed by atoms with Gasteiger partial charge in [-0.05, 0) is 87.1 Å². The first-order valence-corrected chi connectivity index (χ1v) is 14.6. The second-order valence-electron chi connectivity index (χ2n) is 11.2. The van der Waals surface area contributed by atoms with Crippen LogP contribution in [0.3, 0.4) is 0 Å². The van der Waals surface area contributed by atoms with E-state index in [0.29, 0.717) is 44.5 Å². The van der Waals surface area contributed by atoms with E-state index < -0.39 is 39.8 Å². The number of halogens is 3. The number of hydrogen-bond acceptors (Lipinski definition) is 5. The lowest BCUT2D eigenvalue weighted by atomic mass is 9.80. The molecule has 0 bridgehead atoms. The predicted molar refractivity (Wildman–Crippen MR) is 150 cm³/mol. The molecule has 1 atom stereocenters. The molecule has 7 nitrogen and oxygen atoms in total. The standard InChI is InChI=1S/C30H32F3NO6S/c1-16-8-10-19(11-9-16)23-17(2)24-22-13-12-21(39-30(31,32)33)14-20(22)15-34(41(7,37)38)26(24)18(3)25(23)27(28(35)36)40-29(4,5)6/h8-14,27H,15H2,1-7H3,(H,35,36)/t27-/m0/s1. The minimum atomic E-state index is -4.92. The van der Waals surface area contributed by atoms with Gasteiger partial charge in [0.25, 0.3) is 0 Å². The first-order valence-electron chi connectivity index (χ1n) is 12.8. The second-order valence-corrected chi connectivity index (χ2v) is 13.1. The lowest BCUT2D eigenvalue weighted by Crippen LogP contribution is -2.34. The van der Waals surface area contributed by atoms with Crippen LogP contribution in [0.5, 0.6) is 5.75 Å². The summed E-state index contributed by atoms with van der Waals surface area (Å²) < 4.78 is 76.5. The molecule has 0 fully saturated rings. The zero-order chi connectivity index (χ0) is 30.7. The Hall–Kier alpha value is -3.57. The fourth-order valence-electron chi connectivity index (χ4n) is 5.31. The summed E-state index contributed by atoms with van der Waals surface area (Å²) in [6.07, 6.45) is -5.36. The quantitative estimate of drug-likeness (QED) is 0.330. The minimum Gasteiger partial charge on any atom is -0.479 e. The molecular weight excluding hydrogens is 559 g/mol. The van der Waals surface area contributed by atoms with Crippen LogP contribution in [0, 0.1) is 20.8 Å². The molecule has 0 radical (unpaired) electrons. The summed E-state index contributed by atoms with van der Waals surface area (Å²) in [4.78, 5) is 12.7. The number of aryl methyl sites for hydroxylation is 1. The highest BCUT2D eigenvalue weighted by Gasteiger charge is 2.39. The number of aliphatic carboxylic acids is 1. The Morgan fingerprint density at radius 2 is 1.59 bits per heavy atom. The molecule has 3 aromatic rings. The van der Waals surface area contributed by atoms with Gasteiger partial charge in [0, 0.05) is 11.1 Å². The Morgan fingerprint density at radius 1 is 0.976 bits per heavy atom. The van der Waals surface area contributed by atoms with E-state index in [1.165, 1.54) is 18.2 Å². The molecule has 11 heteroatoms. The largest absolute Gasteiger partial charge is 0.573 e. The molecule has 1 aliphatic rings. The van der Waals surface area contributed by atoms with Gasteiger partial charge in [0.15, 0.2) is 6.10 Å². The third kappa shape index (κ3) is 6.20. The maximum Gasteiger partial charge on any atom is 0.573 e. The number of anilines is 1. The Morgan fingerprint density at radius 3 is 2.10 bits per heavy atom. The van der Waals surface area contributed by atoms with Crippen molar-refractivity contribution in [2.75, 3.05) is 10.6 Å². The molecule has 3 aromatic carbocycles. The average molecular weight is 592 g/mol. The van der Waals surface area contributed by atoms with Crippen molar-refractivity contribution in [3.8, 4) is 28.0 Å². The molecule has 1 aliphatic heterocycles. The van der Waals surface area contributed by atoms with Gasteiger partial charge in [-0.2, -0.15) is 0 Å². The van der Waals surface area contributed by atoms with E-state index >= 15 is 0 Å². The van der Waals surface area contributed by atoms with Crippen molar-refractivity contribution in [3.63, 3.8) is 0 Å². The lowest BCUT2D eigenvalue weighted by molar-refractivity contribution is -0.274. The molecule has 0 spiro atoms. The first kappa shape index (κ1) is 30.4. The van der Waals surface area contributed by atoms with E-state index in [2.05, 4.69) is 4.74 Å². The molecule has 1 N–H and O–H groups in total. The van der Waals surface area contributed by atoms with E-state index in [4.69, 9.17) is 4.74 Å². The van der Waals surface area contributed by atoms with Gasteiger partial charge in [0.2, 0.25) is 10.0 Å². The van der Waals surface area contributed by atoms with E-state index in [0.717, 1.165) is 16.1 Å². The summed E-state index contributed by atoms with van der Waals surface area (Å²) in [5.74, 6) is -1.71. The maximum atomic E-state index is 13.1. The number of nitrogens with zero attached hydrogens (tertiary/aromatic N) is 1. The van der Waals surface area contributed by atoms with E-state index in [1.807, 2.05) is 31.2 Å². The molecule has 4 rings (SSSR count). The molecule has 0 amide bonds. The van der Waals surface area contributed by atoms with Crippen molar-refractivity contribution in [2.24, 2.45) is 0 Å². The van der Waals surface area contributed by atoms with Gasteiger partial charge in [-0.3, -0.25) is 4.31 Å². The Balaban J connectivity index is 2.15. The smallest absolute Gasteiger partial charge is 0.479 e. The van der Waals surface area contributed by atoms with Crippen LogP contribution < -0.4 is 9.04 Å². The van der Waals surface area contributed by atoms with Gasteiger partial charge < -0.3 is 14.6 Å². The van der Waals surface area contributed by atoms with Crippen LogP contribution in [-0.4, -0.2) is 37.7 Å². The Kier molecular flexibility index (Phi) is 7.68. The molecule has 0 aromatic heterocycles. The zero-order valence-corrected chi connectivity index (χ0v) is 24.6. The number of benzene rings is 3. The highest BCUT2D eigenvalue weighted by Crippen LogP contribution is 2.52. The van der Waals surface area contributed by atoms with Gasteiger partial charge in [-0.1, -0.05) is 35.9 Å². The molecule has 41 heavy (non-hydrogen) atoms. The Bertz CT molecular complexity index is 1620. The van der Waals surface area contributed by atoms with Crippen LogP contribution in [-0.2, 0) is 26.1 Å². The van der Waals surface area contributed by atoms with Gasteiger partial charge in [0.1, 0.15) is 5.75 Å². The summed E-state index contributed by atoms with van der Waals surface area (Å²) in [6.45, 7) is 10.2. The Labute approximate surface area is 237 Å². The zero-order valence-electron chi connectivity index (χ0n) is 23.8. The van der Waals surface area contributed by atoms with E-state index in [-0.39, 0.29) is 12.2 Å². The number of ether oxygens (including phenoxy) is 2. The number of alkyl halides is 3. The highest BCUT2D eigenvalue weighted by atomic mass is 32.2. The summed E-state index contributed by atoms with van der Waals surface area (Å²) >= 11 is 0. The van der Waals surface area contributed by atoms with Gasteiger partial charge in [-0.25, -0.2) is 13.2 Å². The van der Waals surface area contributed by atoms with Gasteiger partial charge in [-0.15, -0.1) is 13.2 Å². The number of carboxylic acids is 1. The molecule has 0 saturated heterocycles. The van der Waals surface area contributed by atoms with Crippen molar-refractivity contribution in [2.45, 2.75) is 66.2 Å². The minimum absolute atomic E-state index is 0.261. The number of rotatable bonds is 6. The number of hydrogen-bond donors (Lipinski definition) is 1. The van der Waals surface area contributed by atoms with Crippen molar-refractivity contribution in [1.29, 1.82) is 0 Å². The van der Waals surface area contributed by atoms with Crippen molar-refractivity contribution in [1.82, 2.24) is 0 Å². The normalized spacial score (nSPS) is 14.3. The van der Waals surface area contributed by atoms with Crippen LogP contribution in [0.4, 0.5) is 18.9 Å². The third-order valence-electron chi connectivity index (χ3n) is 6.86. The van der Waals surface area contributed by atoms with E-state index in [9.17, 15) is 31.5 Å². The first-order chi connectivity index (χ1) is 18.8.